The van der Waals surface area contributed by atoms with Crippen LogP contribution in [0, 0.1) is 5.92 Å². The molecule has 0 amide bonds. The van der Waals surface area contributed by atoms with Gasteiger partial charge in [-0.1, -0.05) is 39.0 Å². The minimum atomic E-state index is -0.385. The van der Waals surface area contributed by atoms with E-state index < -0.39 is 0 Å². The van der Waals surface area contributed by atoms with Crippen molar-refractivity contribution in [3.8, 4) is 0 Å². The second kappa shape index (κ2) is 12.3. The van der Waals surface area contributed by atoms with Gasteiger partial charge < -0.3 is 14.2 Å². The molecular formula is C20H34O4. The lowest BCUT2D eigenvalue weighted by Crippen LogP contribution is -2.29. The number of hydrogen-bond donors (Lipinski definition) is 0. The smallest absolute Gasteiger partial charge is 0.330 e. The van der Waals surface area contributed by atoms with Gasteiger partial charge >= 0.3 is 5.97 Å². The molecule has 0 radical (unpaired) electrons. The van der Waals surface area contributed by atoms with Crippen molar-refractivity contribution in [1.82, 2.24) is 0 Å². The van der Waals surface area contributed by atoms with Crippen LogP contribution in [0.25, 0.3) is 0 Å². The normalized spacial score (nSPS) is 21.5. The molecule has 0 saturated carbocycles. The van der Waals surface area contributed by atoms with Gasteiger partial charge in [-0.15, -0.1) is 0 Å². The summed E-state index contributed by atoms with van der Waals surface area (Å²) in [4.78, 5) is 11.2. The fourth-order valence-electron chi connectivity index (χ4n) is 2.84. The average molecular weight is 338 g/mol. The van der Waals surface area contributed by atoms with Gasteiger partial charge in [0.2, 0.25) is 0 Å². The molecule has 1 saturated heterocycles. The quantitative estimate of drug-likeness (QED) is 0.222. The predicted octanol–water partition coefficient (Wildman–Crippen LogP) is 4.79. The van der Waals surface area contributed by atoms with Crippen LogP contribution in [0.15, 0.2) is 25.3 Å². The SMILES string of the molecule is C=CC(=O)O[C@H](C=C)CCCCC[C@@H](C)[C@@H](C)OC1CCCCO1. The largest absolute Gasteiger partial charge is 0.455 e. The highest BCUT2D eigenvalue weighted by molar-refractivity contribution is 5.81. The second-order valence-corrected chi connectivity index (χ2v) is 6.67. The maximum absolute atomic E-state index is 11.2. The van der Waals surface area contributed by atoms with Crippen molar-refractivity contribution in [3.05, 3.63) is 25.3 Å². The fraction of sp³-hybridized carbons (Fsp3) is 0.750. The summed E-state index contributed by atoms with van der Waals surface area (Å²) in [5, 5.41) is 0. The molecule has 0 aliphatic carbocycles. The summed E-state index contributed by atoms with van der Waals surface area (Å²) in [7, 11) is 0. The van der Waals surface area contributed by atoms with Crippen LogP contribution in [0.3, 0.4) is 0 Å². The Morgan fingerprint density at radius 1 is 1.21 bits per heavy atom. The van der Waals surface area contributed by atoms with E-state index in [1.54, 1.807) is 6.08 Å². The van der Waals surface area contributed by atoms with Crippen LogP contribution in [0.4, 0.5) is 0 Å². The van der Waals surface area contributed by atoms with Crippen LogP contribution in [0.2, 0.25) is 0 Å². The summed E-state index contributed by atoms with van der Waals surface area (Å²) >= 11 is 0. The Labute approximate surface area is 147 Å². The number of rotatable bonds is 12. The zero-order chi connectivity index (χ0) is 17.8. The van der Waals surface area contributed by atoms with Gasteiger partial charge in [0, 0.05) is 12.7 Å². The molecule has 4 nitrogen and oxygen atoms in total. The van der Waals surface area contributed by atoms with Crippen molar-refractivity contribution >= 4 is 5.97 Å². The van der Waals surface area contributed by atoms with E-state index in [4.69, 9.17) is 14.2 Å². The first-order valence-electron chi connectivity index (χ1n) is 9.29. The van der Waals surface area contributed by atoms with Crippen molar-refractivity contribution in [2.24, 2.45) is 5.92 Å². The van der Waals surface area contributed by atoms with Crippen LogP contribution in [-0.4, -0.2) is 31.1 Å². The van der Waals surface area contributed by atoms with E-state index in [2.05, 4.69) is 27.0 Å². The molecule has 4 atom stereocenters. The highest BCUT2D eigenvalue weighted by Gasteiger charge is 2.20. The molecule has 1 aliphatic heterocycles. The zero-order valence-electron chi connectivity index (χ0n) is 15.4. The zero-order valence-corrected chi connectivity index (χ0v) is 15.4. The van der Waals surface area contributed by atoms with Gasteiger partial charge in [-0.3, -0.25) is 0 Å². The Bertz CT molecular complexity index is 374. The Morgan fingerprint density at radius 2 is 1.96 bits per heavy atom. The summed E-state index contributed by atoms with van der Waals surface area (Å²) in [6.07, 6.45) is 11.5. The maximum atomic E-state index is 11.2. The highest BCUT2D eigenvalue weighted by Crippen LogP contribution is 2.22. The average Bonchev–Trinajstić information content (AvgIpc) is 2.60. The van der Waals surface area contributed by atoms with Crippen LogP contribution in [0.1, 0.15) is 65.2 Å². The van der Waals surface area contributed by atoms with Gasteiger partial charge in [-0.25, -0.2) is 4.79 Å². The monoisotopic (exact) mass is 338 g/mol. The maximum Gasteiger partial charge on any atom is 0.330 e. The Hall–Kier alpha value is -1.13. The number of hydrogen-bond acceptors (Lipinski definition) is 4. The van der Waals surface area contributed by atoms with E-state index in [-0.39, 0.29) is 24.5 Å². The minimum Gasteiger partial charge on any atom is -0.455 e. The molecule has 0 N–H and O–H groups in total. The third-order valence-corrected chi connectivity index (χ3v) is 4.65. The van der Waals surface area contributed by atoms with E-state index in [0.29, 0.717) is 5.92 Å². The molecule has 1 rings (SSSR count). The number of unbranched alkanes of at least 4 members (excludes halogenated alkanes) is 2. The minimum absolute atomic E-state index is 0.0101. The molecule has 1 unspecified atom stereocenters. The molecule has 0 aromatic heterocycles. The molecule has 0 aromatic rings. The lowest BCUT2D eigenvalue weighted by Gasteiger charge is -2.29. The van der Waals surface area contributed by atoms with E-state index in [0.717, 1.165) is 51.6 Å². The fourth-order valence-corrected chi connectivity index (χ4v) is 2.84. The summed E-state index contributed by atoms with van der Waals surface area (Å²) in [6, 6.07) is 0. The van der Waals surface area contributed by atoms with Gasteiger partial charge in [0.15, 0.2) is 6.29 Å². The highest BCUT2D eigenvalue weighted by atomic mass is 16.7. The van der Waals surface area contributed by atoms with Crippen molar-refractivity contribution in [2.75, 3.05) is 6.61 Å². The van der Waals surface area contributed by atoms with Crippen LogP contribution in [-0.2, 0) is 19.0 Å². The number of esters is 1. The molecule has 0 aromatic carbocycles. The molecule has 24 heavy (non-hydrogen) atoms. The molecule has 1 fully saturated rings. The topological polar surface area (TPSA) is 44.8 Å². The number of ether oxygens (including phenoxy) is 3. The molecule has 0 bridgehead atoms. The van der Waals surface area contributed by atoms with Crippen LogP contribution >= 0.6 is 0 Å². The van der Waals surface area contributed by atoms with Crippen molar-refractivity contribution < 1.29 is 19.0 Å². The molecular weight excluding hydrogens is 304 g/mol. The Morgan fingerprint density at radius 3 is 2.58 bits per heavy atom. The van der Waals surface area contributed by atoms with Crippen molar-refractivity contribution in [3.63, 3.8) is 0 Å². The van der Waals surface area contributed by atoms with E-state index in [1.165, 1.54) is 12.5 Å². The molecule has 138 valence electrons. The third kappa shape index (κ3) is 8.65. The number of carbonyl (C=O) groups excluding carboxylic acids is 1. The van der Waals surface area contributed by atoms with Crippen LogP contribution < -0.4 is 0 Å². The first-order chi connectivity index (χ1) is 11.6. The first kappa shape index (κ1) is 20.9. The first-order valence-corrected chi connectivity index (χ1v) is 9.29. The second-order valence-electron chi connectivity index (χ2n) is 6.67. The Balaban J connectivity index is 2.11. The van der Waals surface area contributed by atoms with Gasteiger partial charge in [0.05, 0.1) is 6.10 Å². The van der Waals surface area contributed by atoms with E-state index >= 15 is 0 Å². The molecule has 4 heteroatoms. The van der Waals surface area contributed by atoms with Crippen LogP contribution in [0.5, 0.6) is 0 Å². The standard InChI is InChI=1S/C20H34O4/c1-5-18(24-19(21)6-2)13-9-7-8-12-16(3)17(4)23-20-14-10-11-15-22-20/h5-6,16-18,20H,1-2,7-15H2,3-4H3/t16-,17-,18-,20?/m1/s1. The predicted molar refractivity (Wildman–Crippen MR) is 96.7 cm³/mol. The van der Waals surface area contributed by atoms with E-state index in [1.807, 2.05) is 0 Å². The molecule has 1 aliphatic rings. The van der Waals surface area contributed by atoms with Gasteiger partial charge in [0.1, 0.15) is 6.10 Å². The summed E-state index contributed by atoms with van der Waals surface area (Å²) in [6.45, 7) is 12.3. The lowest BCUT2D eigenvalue weighted by atomic mass is 9.97. The van der Waals surface area contributed by atoms with Gasteiger partial charge in [-0.05, 0) is 51.4 Å². The van der Waals surface area contributed by atoms with Crippen molar-refractivity contribution in [2.45, 2.75) is 83.7 Å². The lowest BCUT2D eigenvalue weighted by molar-refractivity contribution is -0.193. The van der Waals surface area contributed by atoms with Gasteiger partial charge in [-0.2, -0.15) is 0 Å². The summed E-state index contributed by atoms with van der Waals surface area (Å²) < 4.78 is 16.9. The molecule has 1 heterocycles. The summed E-state index contributed by atoms with van der Waals surface area (Å²) in [5.74, 6) is 0.133. The van der Waals surface area contributed by atoms with E-state index in [9.17, 15) is 4.79 Å². The Kier molecular flexibility index (Phi) is 10.7. The third-order valence-electron chi connectivity index (χ3n) is 4.65. The van der Waals surface area contributed by atoms with Crippen molar-refractivity contribution in [1.29, 1.82) is 0 Å². The summed E-state index contributed by atoms with van der Waals surface area (Å²) in [5.41, 5.74) is 0. The number of carbonyl (C=O) groups is 1. The van der Waals surface area contributed by atoms with Gasteiger partial charge in [0.25, 0.3) is 0 Å². The molecule has 0 spiro atoms.